The number of hydrogen-bond acceptors (Lipinski definition) is 3. The van der Waals surface area contributed by atoms with Crippen molar-refractivity contribution in [2.24, 2.45) is 0 Å². The predicted molar refractivity (Wildman–Crippen MR) is 103 cm³/mol. The van der Waals surface area contributed by atoms with E-state index in [4.69, 9.17) is 23.2 Å². The maximum absolute atomic E-state index is 13.1. The van der Waals surface area contributed by atoms with E-state index in [2.05, 4.69) is 21.2 Å². The van der Waals surface area contributed by atoms with Gasteiger partial charge in [0, 0.05) is 37.7 Å². The van der Waals surface area contributed by atoms with Crippen LogP contribution in [0.2, 0.25) is 10.0 Å². The van der Waals surface area contributed by atoms with Crippen molar-refractivity contribution in [1.29, 1.82) is 0 Å². The first-order valence-electron chi connectivity index (χ1n) is 8.43. The topological polar surface area (TPSA) is 35.6 Å². The van der Waals surface area contributed by atoms with Gasteiger partial charge in [-0.15, -0.1) is 0 Å². The van der Waals surface area contributed by atoms with Crippen molar-refractivity contribution in [3.05, 3.63) is 63.9 Å². The Labute approximate surface area is 162 Å². The van der Waals surface area contributed by atoms with Crippen molar-refractivity contribution in [3.63, 3.8) is 0 Å². The molecular formula is C19H20Cl2FN3O. The number of nitrogens with zero attached hydrogens (tertiary/aromatic N) is 2. The van der Waals surface area contributed by atoms with E-state index in [-0.39, 0.29) is 10.9 Å². The summed E-state index contributed by atoms with van der Waals surface area (Å²) in [5.41, 5.74) is 1.62. The molecule has 1 saturated heterocycles. The monoisotopic (exact) mass is 395 g/mol. The molecule has 26 heavy (non-hydrogen) atoms. The van der Waals surface area contributed by atoms with Crippen LogP contribution in [0.15, 0.2) is 42.5 Å². The Balaban J connectivity index is 1.45. The van der Waals surface area contributed by atoms with Crippen LogP contribution in [0.5, 0.6) is 0 Å². The number of hydrogen-bond donors (Lipinski definition) is 1. The predicted octanol–water partition coefficient (Wildman–Crippen LogP) is 3.89. The Morgan fingerprint density at radius 1 is 1.04 bits per heavy atom. The van der Waals surface area contributed by atoms with Crippen LogP contribution in [0.25, 0.3) is 0 Å². The van der Waals surface area contributed by atoms with Crippen molar-refractivity contribution < 1.29 is 9.18 Å². The van der Waals surface area contributed by atoms with E-state index in [1.807, 2.05) is 18.2 Å². The lowest BCUT2D eigenvalue weighted by atomic mass is 10.2. The quantitative estimate of drug-likeness (QED) is 0.833. The molecule has 1 N–H and O–H groups in total. The largest absolute Gasteiger partial charge is 0.324 e. The Morgan fingerprint density at radius 3 is 2.46 bits per heavy atom. The van der Waals surface area contributed by atoms with Crippen LogP contribution in [0.1, 0.15) is 5.56 Å². The summed E-state index contributed by atoms with van der Waals surface area (Å²) in [6, 6.07) is 11.8. The molecule has 0 aliphatic carbocycles. The minimum absolute atomic E-state index is 0.151. The highest BCUT2D eigenvalue weighted by Crippen LogP contribution is 2.22. The number of anilines is 1. The lowest BCUT2D eigenvalue weighted by molar-refractivity contribution is -0.117. The summed E-state index contributed by atoms with van der Waals surface area (Å²) < 4.78 is 13.1. The Hall–Kier alpha value is -1.66. The van der Waals surface area contributed by atoms with E-state index < -0.39 is 5.82 Å². The van der Waals surface area contributed by atoms with Gasteiger partial charge in [-0.05, 0) is 35.9 Å². The second kappa shape index (κ2) is 8.82. The summed E-state index contributed by atoms with van der Waals surface area (Å²) in [5.74, 6) is -0.578. The van der Waals surface area contributed by atoms with Crippen molar-refractivity contribution in [1.82, 2.24) is 9.80 Å². The van der Waals surface area contributed by atoms with Gasteiger partial charge in [-0.25, -0.2) is 4.39 Å². The van der Waals surface area contributed by atoms with E-state index >= 15 is 0 Å². The van der Waals surface area contributed by atoms with E-state index in [0.29, 0.717) is 12.2 Å². The molecule has 0 atom stereocenters. The van der Waals surface area contributed by atoms with Crippen LogP contribution in [0.3, 0.4) is 0 Å². The van der Waals surface area contributed by atoms with Crippen molar-refractivity contribution in [3.8, 4) is 0 Å². The third-order valence-electron chi connectivity index (χ3n) is 4.33. The first kappa shape index (κ1) is 19.1. The minimum Gasteiger partial charge on any atom is -0.324 e. The molecule has 0 spiro atoms. The molecule has 1 fully saturated rings. The number of carbonyl (C=O) groups excluding carboxylic acids is 1. The van der Waals surface area contributed by atoms with Crippen LogP contribution >= 0.6 is 23.2 Å². The van der Waals surface area contributed by atoms with Gasteiger partial charge in [0.1, 0.15) is 5.82 Å². The summed E-state index contributed by atoms with van der Waals surface area (Å²) in [5, 5.41) is 3.68. The normalized spacial score (nSPS) is 15.8. The molecule has 0 radical (unpaired) electrons. The zero-order chi connectivity index (χ0) is 18.5. The zero-order valence-corrected chi connectivity index (χ0v) is 15.7. The SMILES string of the molecule is O=C(CN1CCN(Cc2cccc(Cl)c2)CC1)Nc1ccc(F)cc1Cl. The fourth-order valence-corrected chi connectivity index (χ4v) is 3.41. The molecular weight excluding hydrogens is 376 g/mol. The van der Waals surface area contributed by atoms with Crippen molar-refractivity contribution >= 4 is 34.8 Å². The van der Waals surface area contributed by atoms with Crippen LogP contribution in [0, 0.1) is 5.82 Å². The number of rotatable bonds is 5. The molecule has 0 bridgehead atoms. The van der Waals surface area contributed by atoms with E-state index in [1.165, 1.54) is 23.8 Å². The van der Waals surface area contributed by atoms with E-state index in [0.717, 1.165) is 37.7 Å². The number of benzene rings is 2. The summed E-state index contributed by atoms with van der Waals surface area (Å²) >= 11 is 12.0. The number of halogens is 3. The van der Waals surface area contributed by atoms with Gasteiger partial charge in [-0.1, -0.05) is 35.3 Å². The smallest absolute Gasteiger partial charge is 0.238 e. The average Bonchev–Trinajstić information content (AvgIpc) is 2.59. The molecule has 1 heterocycles. The van der Waals surface area contributed by atoms with E-state index in [1.54, 1.807) is 0 Å². The highest BCUT2D eigenvalue weighted by atomic mass is 35.5. The molecule has 4 nitrogen and oxygen atoms in total. The molecule has 2 aromatic carbocycles. The average molecular weight is 396 g/mol. The van der Waals surface area contributed by atoms with Gasteiger partial charge in [-0.2, -0.15) is 0 Å². The number of piperazine rings is 1. The molecule has 138 valence electrons. The van der Waals surface area contributed by atoms with Crippen LogP contribution in [0.4, 0.5) is 10.1 Å². The lowest BCUT2D eigenvalue weighted by Gasteiger charge is -2.34. The molecule has 0 unspecified atom stereocenters. The minimum atomic E-state index is -0.427. The van der Waals surface area contributed by atoms with Crippen LogP contribution in [-0.4, -0.2) is 48.4 Å². The fourth-order valence-electron chi connectivity index (χ4n) is 2.98. The summed E-state index contributed by atoms with van der Waals surface area (Å²) in [7, 11) is 0. The highest BCUT2D eigenvalue weighted by Gasteiger charge is 2.19. The number of nitrogens with one attached hydrogen (secondary N) is 1. The third-order valence-corrected chi connectivity index (χ3v) is 4.88. The zero-order valence-electron chi connectivity index (χ0n) is 14.2. The van der Waals surface area contributed by atoms with Crippen molar-refractivity contribution in [2.75, 3.05) is 38.0 Å². The summed E-state index contributed by atoms with van der Waals surface area (Å²) in [4.78, 5) is 16.6. The van der Waals surface area contributed by atoms with E-state index in [9.17, 15) is 9.18 Å². The van der Waals surface area contributed by atoms with Crippen molar-refractivity contribution in [2.45, 2.75) is 6.54 Å². The van der Waals surface area contributed by atoms with Gasteiger partial charge in [-0.3, -0.25) is 14.6 Å². The molecule has 1 aliphatic rings. The molecule has 1 aliphatic heterocycles. The van der Waals surface area contributed by atoms with Gasteiger partial charge < -0.3 is 5.32 Å². The fraction of sp³-hybridized carbons (Fsp3) is 0.316. The maximum atomic E-state index is 13.1. The Bertz CT molecular complexity index is 779. The second-order valence-electron chi connectivity index (χ2n) is 6.35. The highest BCUT2D eigenvalue weighted by molar-refractivity contribution is 6.33. The standard InChI is InChI=1S/C19H20Cl2FN3O/c20-15-3-1-2-14(10-15)12-24-6-8-25(9-7-24)13-19(26)23-18-5-4-16(22)11-17(18)21/h1-5,10-11H,6-9,12-13H2,(H,23,26). The van der Waals surface area contributed by atoms with Gasteiger partial charge in [0.25, 0.3) is 0 Å². The molecule has 1 amide bonds. The van der Waals surface area contributed by atoms with Gasteiger partial charge >= 0.3 is 0 Å². The molecule has 0 aromatic heterocycles. The number of amides is 1. The maximum Gasteiger partial charge on any atom is 0.238 e. The van der Waals surface area contributed by atoms with Crippen LogP contribution < -0.4 is 5.32 Å². The lowest BCUT2D eigenvalue weighted by Crippen LogP contribution is -2.48. The molecule has 2 aromatic rings. The Morgan fingerprint density at radius 2 is 1.77 bits per heavy atom. The molecule has 3 rings (SSSR count). The summed E-state index contributed by atoms with van der Waals surface area (Å²) in [6.07, 6.45) is 0. The Kier molecular flexibility index (Phi) is 6.48. The number of carbonyl (C=O) groups is 1. The molecule has 0 saturated carbocycles. The summed E-state index contributed by atoms with van der Waals surface area (Å²) in [6.45, 7) is 4.54. The first-order chi connectivity index (χ1) is 12.5. The van der Waals surface area contributed by atoms with Gasteiger partial charge in [0.05, 0.1) is 17.3 Å². The molecule has 7 heteroatoms. The first-order valence-corrected chi connectivity index (χ1v) is 9.19. The van der Waals surface area contributed by atoms with Crippen LogP contribution in [-0.2, 0) is 11.3 Å². The van der Waals surface area contributed by atoms with Gasteiger partial charge in [0.2, 0.25) is 5.91 Å². The second-order valence-corrected chi connectivity index (χ2v) is 7.20. The van der Waals surface area contributed by atoms with Gasteiger partial charge in [0.15, 0.2) is 0 Å². The third kappa shape index (κ3) is 5.42.